The van der Waals surface area contributed by atoms with Crippen LogP contribution in [0.1, 0.15) is 6.92 Å². The lowest BCUT2D eigenvalue weighted by molar-refractivity contribution is 0.660. The fourth-order valence-corrected chi connectivity index (χ4v) is 1.43. The molecule has 2 aromatic heterocycles. The van der Waals surface area contributed by atoms with Crippen molar-refractivity contribution in [1.29, 1.82) is 0 Å². The van der Waals surface area contributed by atoms with E-state index in [9.17, 15) is 0 Å². The molecule has 0 spiro atoms. The van der Waals surface area contributed by atoms with E-state index in [1.807, 2.05) is 30.1 Å². The van der Waals surface area contributed by atoms with Crippen molar-refractivity contribution in [2.24, 2.45) is 0 Å². The fraction of sp³-hybridized carbons (Fsp3) is 0.200. The molecule has 0 fully saturated rings. The van der Waals surface area contributed by atoms with Crippen LogP contribution in [0, 0.1) is 0 Å². The lowest BCUT2D eigenvalue weighted by Gasteiger charge is -1.96. The average molecular weight is 208 g/mol. The van der Waals surface area contributed by atoms with Gasteiger partial charge in [0.2, 0.25) is 0 Å². The smallest absolute Gasteiger partial charge is 0.0595 e. The number of hydrogen-bond donors (Lipinski definition) is 0. The second-order valence-electron chi connectivity index (χ2n) is 2.98. The molecule has 0 bridgehead atoms. The minimum absolute atomic E-state index is 0.645. The van der Waals surface area contributed by atoms with Gasteiger partial charge in [-0.05, 0) is 13.0 Å². The van der Waals surface area contributed by atoms with Crippen molar-refractivity contribution in [2.45, 2.75) is 13.5 Å². The molecule has 0 N–H and O–H groups in total. The Hall–Kier alpha value is -1.35. The quantitative estimate of drug-likeness (QED) is 0.758. The van der Waals surface area contributed by atoms with E-state index in [1.54, 1.807) is 12.4 Å². The molecule has 72 valence electrons. The summed E-state index contributed by atoms with van der Waals surface area (Å²) in [5.74, 6) is 0. The molecule has 0 unspecified atom stereocenters. The summed E-state index contributed by atoms with van der Waals surface area (Å²) in [5, 5.41) is 4.83. The summed E-state index contributed by atoms with van der Waals surface area (Å²) in [7, 11) is 0. The summed E-state index contributed by atoms with van der Waals surface area (Å²) in [6, 6.07) is 1.88. The topological polar surface area (TPSA) is 30.7 Å². The van der Waals surface area contributed by atoms with Crippen molar-refractivity contribution in [3.05, 3.63) is 35.9 Å². The summed E-state index contributed by atoms with van der Waals surface area (Å²) >= 11 is 5.85. The van der Waals surface area contributed by atoms with Gasteiger partial charge in [-0.25, -0.2) is 0 Å². The molecule has 0 saturated carbocycles. The van der Waals surface area contributed by atoms with Gasteiger partial charge in [-0.15, -0.1) is 0 Å². The minimum atomic E-state index is 0.645. The summed E-state index contributed by atoms with van der Waals surface area (Å²) in [5.41, 5.74) is 2.04. The number of hydrogen-bond acceptors (Lipinski definition) is 2. The molecule has 0 amide bonds. The van der Waals surface area contributed by atoms with Gasteiger partial charge < -0.3 is 0 Å². The SMILES string of the molecule is CCn1cc(-c2cncc(Cl)c2)cn1. The minimum Gasteiger partial charge on any atom is -0.272 e. The molecule has 2 aromatic rings. The molecule has 0 aromatic carbocycles. The largest absolute Gasteiger partial charge is 0.272 e. The van der Waals surface area contributed by atoms with Gasteiger partial charge in [0.15, 0.2) is 0 Å². The number of aromatic nitrogens is 3. The van der Waals surface area contributed by atoms with E-state index in [4.69, 9.17) is 11.6 Å². The Morgan fingerprint density at radius 3 is 2.79 bits per heavy atom. The first kappa shape index (κ1) is 9.21. The third-order valence-corrected chi connectivity index (χ3v) is 2.20. The predicted molar refractivity (Wildman–Crippen MR) is 56.1 cm³/mol. The zero-order chi connectivity index (χ0) is 9.97. The molecule has 0 saturated heterocycles. The first-order chi connectivity index (χ1) is 6.79. The zero-order valence-corrected chi connectivity index (χ0v) is 8.57. The van der Waals surface area contributed by atoms with Crippen molar-refractivity contribution < 1.29 is 0 Å². The molecule has 0 aliphatic rings. The summed E-state index contributed by atoms with van der Waals surface area (Å²) in [4.78, 5) is 4.03. The van der Waals surface area contributed by atoms with E-state index in [0.717, 1.165) is 17.7 Å². The summed E-state index contributed by atoms with van der Waals surface area (Å²) in [6.45, 7) is 2.92. The lowest BCUT2D eigenvalue weighted by Crippen LogP contribution is -1.91. The van der Waals surface area contributed by atoms with Gasteiger partial charge in [0, 0.05) is 36.3 Å². The van der Waals surface area contributed by atoms with Crippen LogP contribution in [0.25, 0.3) is 11.1 Å². The Labute approximate surface area is 87.3 Å². The van der Waals surface area contributed by atoms with Gasteiger partial charge in [0.25, 0.3) is 0 Å². The highest BCUT2D eigenvalue weighted by molar-refractivity contribution is 6.30. The highest BCUT2D eigenvalue weighted by atomic mass is 35.5. The Morgan fingerprint density at radius 1 is 1.29 bits per heavy atom. The van der Waals surface area contributed by atoms with E-state index in [1.165, 1.54) is 0 Å². The van der Waals surface area contributed by atoms with Gasteiger partial charge >= 0.3 is 0 Å². The normalized spacial score (nSPS) is 10.4. The van der Waals surface area contributed by atoms with Crippen molar-refractivity contribution in [2.75, 3.05) is 0 Å². The van der Waals surface area contributed by atoms with Crippen LogP contribution < -0.4 is 0 Å². The van der Waals surface area contributed by atoms with Crippen LogP contribution in [0.2, 0.25) is 5.02 Å². The molecular weight excluding hydrogens is 198 g/mol. The number of pyridine rings is 1. The zero-order valence-electron chi connectivity index (χ0n) is 7.81. The fourth-order valence-electron chi connectivity index (χ4n) is 1.26. The molecule has 4 heteroatoms. The third kappa shape index (κ3) is 1.77. The first-order valence-electron chi connectivity index (χ1n) is 4.43. The molecule has 0 atom stereocenters. The van der Waals surface area contributed by atoms with Gasteiger partial charge in [0.1, 0.15) is 0 Å². The van der Waals surface area contributed by atoms with Crippen LogP contribution in [0.5, 0.6) is 0 Å². The van der Waals surface area contributed by atoms with Crippen molar-refractivity contribution >= 4 is 11.6 Å². The van der Waals surface area contributed by atoms with Crippen LogP contribution in [0.3, 0.4) is 0 Å². The maximum Gasteiger partial charge on any atom is 0.0595 e. The van der Waals surface area contributed by atoms with E-state index >= 15 is 0 Å². The molecule has 14 heavy (non-hydrogen) atoms. The van der Waals surface area contributed by atoms with Gasteiger partial charge in [0.05, 0.1) is 11.2 Å². The standard InChI is InChI=1S/C10H10ClN3/c1-2-14-7-9(5-13-14)8-3-10(11)6-12-4-8/h3-7H,2H2,1H3. The summed E-state index contributed by atoms with van der Waals surface area (Å²) in [6.07, 6.45) is 7.20. The van der Waals surface area contributed by atoms with Crippen molar-refractivity contribution in [3.8, 4) is 11.1 Å². The monoisotopic (exact) mass is 207 g/mol. The highest BCUT2D eigenvalue weighted by Crippen LogP contribution is 2.20. The Kier molecular flexibility index (Phi) is 2.50. The average Bonchev–Trinajstić information content (AvgIpc) is 2.66. The number of rotatable bonds is 2. The lowest BCUT2D eigenvalue weighted by atomic mass is 10.2. The third-order valence-electron chi connectivity index (χ3n) is 2.00. The number of halogens is 1. The number of nitrogens with zero attached hydrogens (tertiary/aromatic N) is 3. The Balaban J connectivity index is 2.39. The predicted octanol–water partition coefficient (Wildman–Crippen LogP) is 2.62. The van der Waals surface area contributed by atoms with Crippen LogP contribution in [-0.2, 0) is 6.54 Å². The molecule has 0 radical (unpaired) electrons. The van der Waals surface area contributed by atoms with Gasteiger partial charge in [-0.1, -0.05) is 11.6 Å². The van der Waals surface area contributed by atoms with Crippen LogP contribution in [0.15, 0.2) is 30.9 Å². The van der Waals surface area contributed by atoms with E-state index < -0.39 is 0 Å². The molecule has 2 heterocycles. The first-order valence-corrected chi connectivity index (χ1v) is 4.81. The summed E-state index contributed by atoms with van der Waals surface area (Å²) < 4.78 is 1.87. The van der Waals surface area contributed by atoms with Crippen LogP contribution in [0.4, 0.5) is 0 Å². The molecular formula is C10H10ClN3. The van der Waals surface area contributed by atoms with E-state index in [0.29, 0.717) is 5.02 Å². The second kappa shape index (κ2) is 3.80. The van der Waals surface area contributed by atoms with E-state index in [2.05, 4.69) is 10.1 Å². The molecule has 0 aliphatic carbocycles. The molecule has 2 rings (SSSR count). The molecule has 0 aliphatic heterocycles. The second-order valence-corrected chi connectivity index (χ2v) is 3.41. The maximum absolute atomic E-state index is 5.85. The molecule has 3 nitrogen and oxygen atoms in total. The Bertz CT molecular complexity index is 436. The number of aryl methyl sites for hydroxylation is 1. The van der Waals surface area contributed by atoms with Crippen LogP contribution in [-0.4, -0.2) is 14.8 Å². The Morgan fingerprint density at radius 2 is 2.14 bits per heavy atom. The van der Waals surface area contributed by atoms with Gasteiger partial charge in [-0.2, -0.15) is 5.10 Å². The van der Waals surface area contributed by atoms with E-state index in [-0.39, 0.29) is 0 Å². The van der Waals surface area contributed by atoms with Crippen molar-refractivity contribution in [1.82, 2.24) is 14.8 Å². The highest BCUT2D eigenvalue weighted by Gasteiger charge is 2.01. The van der Waals surface area contributed by atoms with Crippen LogP contribution >= 0.6 is 11.6 Å². The van der Waals surface area contributed by atoms with Crippen molar-refractivity contribution in [3.63, 3.8) is 0 Å². The maximum atomic E-state index is 5.85. The van der Waals surface area contributed by atoms with Gasteiger partial charge in [-0.3, -0.25) is 9.67 Å².